The first-order chi connectivity index (χ1) is 9.19. The van der Waals surface area contributed by atoms with Crippen molar-refractivity contribution in [3.63, 3.8) is 0 Å². The Labute approximate surface area is 111 Å². The predicted octanol–water partition coefficient (Wildman–Crippen LogP) is 1.88. The minimum absolute atomic E-state index is 0.324. The van der Waals surface area contributed by atoms with Gasteiger partial charge in [0.15, 0.2) is 0 Å². The fraction of sp³-hybridized carbons (Fsp3) is 0.385. The average molecular weight is 264 g/mol. The second-order valence-electron chi connectivity index (χ2n) is 4.22. The zero-order valence-corrected chi connectivity index (χ0v) is 11.0. The number of rotatable bonds is 5. The van der Waals surface area contributed by atoms with Crippen LogP contribution in [-0.2, 0) is 6.54 Å². The summed E-state index contributed by atoms with van der Waals surface area (Å²) >= 11 is 0. The molecule has 0 aliphatic heterocycles. The minimum Gasteiger partial charge on any atom is -0.496 e. The van der Waals surface area contributed by atoms with Crippen LogP contribution in [0.2, 0.25) is 0 Å². The van der Waals surface area contributed by atoms with E-state index >= 15 is 0 Å². The third kappa shape index (κ3) is 2.58. The van der Waals surface area contributed by atoms with Gasteiger partial charge < -0.3 is 10.5 Å². The Morgan fingerprint density at radius 2 is 2.26 bits per heavy atom. The summed E-state index contributed by atoms with van der Waals surface area (Å²) in [6, 6.07) is 3.99. The van der Waals surface area contributed by atoms with E-state index in [9.17, 15) is 4.39 Å². The normalized spacial score (nSPS) is 12.4. The molecule has 1 unspecified atom stereocenters. The number of hydrogen-bond acceptors (Lipinski definition) is 4. The van der Waals surface area contributed by atoms with Gasteiger partial charge in [0.25, 0.3) is 0 Å². The number of ether oxygens (including phenoxy) is 1. The van der Waals surface area contributed by atoms with E-state index in [4.69, 9.17) is 10.5 Å². The molecule has 19 heavy (non-hydrogen) atoms. The number of aromatic nitrogens is 3. The maximum Gasteiger partial charge on any atom is 0.132 e. The Hall–Kier alpha value is -1.95. The molecule has 1 atom stereocenters. The number of nitrogens with zero attached hydrogens (tertiary/aromatic N) is 3. The van der Waals surface area contributed by atoms with Crippen molar-refractivity contribution in [1.29, 1.82) is 0 Å². The molecule has 0 radical (unpaired) electrons. The predicted molar refractivity (Wildman–Crippen MR) is 69.3 cm³/mol. The first-order valence-corrected chi connectivity index (χ1v) is 6.15. The van der Waals surface area contributed by atoms with Crippen LogP contribution in [-0.4, -0.2) is 22.1 Å². The molecular weight excluding hydrogens is 247 g/mol. The Morgan fingerprint density at radius 1 is 1.47 bits per heavy atom. The van der Waals surface area contributed by atoms with Gasteiger partial charge >= 0.3 is 0 Å². The summed E-state index contributed by atoms with van der Waals surface area (Å²) < 4.78 is 20.9. The average Bonchev–Trinajstić information content (AvgIpc) is 2.86. The van der Waals surface area contributed by atoms with E-state index in [1.165, 1.54) is 13.2 Å². The van der Waals surface area contributed by atoms with Gasteiger partial charge in [0.05, 0.1) is 30.6 Å². The van der Waals surface area contributed by atoms with Crippen molar-refractivity contribution >= 4 is 0 Å². The van der Waals surface area contributed by atoms with E-state index in [-0.39, 0.29) is 0 Å². The molecule has 1 aromatic heterocycles. The molecule has 0 bridgehead atoms. The van der Waals surface area contributed by atoms with Crippen LogP contribution in [0, 0.1) is 5.82 Å². The van der Waals surface area contributed by atoms with Gasteiger partial charge in [-0.05, 0) is 18.6 Å². The highest BCUT2D eigenvalue weighted by Gasteiger charge is 2.22. The van der Waals surface area contributed by atoms with E-state index in [0.717, 1.165) is 6.42 Å². The summed E-state index contributed by atoms with van der Waals surface area (Å²) in [5.41, 5.74) is 7.14. The minimum atomic E-state index is -0.655. The topological polar surface area (TPSA) is 66.0 Å². The standard InChI is InChI=1S/C13H17FN4O/c1-3-7-18-10(8-16-17-18)13(15)12-9(14)5-4-6-11(12)19-2/h4-6,8,13H,3,7,15H2,1-2H3. The second-order valence-corrected chi connectivity index (χ2v) is 4.22. The van der Waals surface area contributed by atoms with Gasteiger partial charge in [-0.2, -0.15) is 0 Å². The molecule has 6 heteroatoms. The molecule has 1 aromatic carbocycles. The highest BCUT2D eigenvalue weighted by molar-refractivity contribution is 5.40. The van der Waals surface area contributed by atoms with Crippen LogP contribution in [0.1, 0.15) is 30.6 Å². The number of methoxy groups -OCH3 is 1. The van der Waals surface area contributed by atoms with Gasteiger partial charge in [-0.25, -0.2) is 9.07 Å². The van der Waals surface area contributed by atoms with Gasteiger partial charge in [0.1, 0.15) is 11.6 Å². The van der Waals surface area contributed by atoms with Gasteiger partial charge in [-0.15, -0.1) is 5.10 Å². The smallest absolute Gasteiger partial charge is 0.132 e. The Bertz CT molecular complexity index is 555. The van der Waals surface area contributed by atoms with E-state index < -0.39 is 11.9 Å². The number of hydrogen-bond donors (Lipinski definition) is 1. The molecule has 2 N–H and O–H groups in total. The van der Waals surface area contributed by atoms with Crippen molar-refractivity contribution in [2.24, 2.45) is 5.73 Å². The lowest BCUT2D eigenvalue weighted by Crippen LogP contribution is -2.19. The maximum atomic E-state index is 14.0. The quantitative estimate of drug-likeness (QED) is 0.895. The first-order valence-electron chi connectivity index (χ1n) is 6.15. The number of nitrogens with two attached hydrogens (primary N) is 1. The van der Waals surface area contributed by atoms with Crippen LogP contribution in [0.25, 0.3) is 0 Å². The Morgan fingerprint density at radius 3 is 2.95 bits per heavy atom. The monoisotopic (exact) mass is 264 g/mol. The van der Waals surface area contributed by atoms with Gasteiger partial charge in [-0.3, -0.25) is 0 Å². The molecule has 0 fully saturated rings. The van der Waals surface area contributed by atoms with Crippen molar-refractivity contribution in [2.45, 2.75) is 25.9 Å². The van der Waals surface area contributed by atoms with E-state index in [1.54, 1.807) is 23.0 Å². The maximum absolute atomic E-state index is 14.0. The lowest BCUT2D eigenvalue weighted by Gasteiger charge is -2.17. The molecular formula is C13H17FN4O. The molecule has 102 valence electrons. The van der Waals surface area contributed by atoms with Gasteiger partial charge in [0, 0.05) is 6.54 Å². The van der Waals surface area contributed by atoms with E-state index in [1.807, 2.05) is 6.92 Å². The molecule has 0 aliphatic carbocycles. The van der Waals surface area contributed by atoms with Gasteiger partial charge in [-0.1, -0.05) is 18.2 Å². The van der Waals surface area contributed by atoms with Crippen LogP contribution in [0.3, 0.4) is 0 Å². The lowest BCUT2D eigenvalue weighted by atomic mass is 10.0. The Kier molecular flexibility index (Phi) is 4.11. The summed E-state index contributed by atoms with van der Waals surface area (Å²) in [6.07, 6.45) is 2.46. The molecule has 0 saturated carbocycles. The number of benzene rings is 1. The zero-order chi connectivity index (χ0) is 13.8. The largest absolute Gasteiger partial charge is 0.496 e. The van der Waals surface area contributed by atoms with E-state index in [2.05, 4.69) is 10.3 Å². The fourth-order valence-electron chi connectivity index (χ4n) is 2.04. The molecule has 0 saturated heterocycles. The molecule has 5 nitrogen and oxygen atoms in total. The summed E-state index contributed by atoms with van der Waals surface area (Å²) in [6.45, 7) is 2.72. The molecule has 0 spiro atoms. The third-order valence-electron chi connectivity index (χ3n) is 2.95. The third-order valence-corrected chi connectivity index (χ3v) is 2.95. The van der Waals surface area contributed by atoms with Crippen molar-refractivity contribution < 1.29 is 9.13 Å². The Balaban J connectivity index is 2.43. The number of halogens is 1. The van der Waals surface area contributed by atoms with E-state index in [0.29, 0.717) is 23.6 Å². The van der Waals surface area contributed by atoms with Crippen LogP contribution in [0.15, 0.2) is 24.4 Å². The summed E-state index contributed by atoms with van der Waals surface area (Å²) in [4.78, 5) is 0. The van der Waals surface area contributed by atoms with Crippen molar-refractivity contribution in [3.8, 4) is 5.75 Å². The van der Waals surface area contributed by atoms with Crippen molar-refractivity contribution in [1.82, 2.24) is 15.0 Å². The van der Waals surface area contributed by atoms with Gasteiger partial charge in [0.2, 0.25) is 0 Å². The molecule has 1 heterocycles. The molecule has 0 aliphatic rings. The SMILES string of the molecule is CCCn1nncc1C(N)c1c(F)cccc1OC. The van der Waals surface area contributed by atoms with Crippen molar-refractivity contribution in [3.05, 3.63) is 41.5 Å². The van der Waals surface area contributed by atoms with Crippen LogP contribution in [0.5, 0.6) is 5.75 Å². The van der Waals surface area contributed by atoms with Crippen LogP contribution < -0.4 is 10.5 Å². The highest BCUT2D eigenvalue weighted by atomic mass is 19.1. The lowest BCUT2D eigenvalue weighted by molar-refractivity contribution is 0.400. The van der Waals surface area contributed by atoms with Crippen LogP contribution >= 0.6 is 0 Å². The van der Waals surface area contributed by atoms with Crippen molar-refractivity contribution in [2.75, 3.05) is 7.11 Å². The first kappa shape index (κ1) is 13.5. The molecule has 2 aromatic rings. The van der Waals surface area contributed by atoms with Crippen LogP contribution in [0.4, 0.5) is 4.39 Å². The summed E-state index contributed by atoms with van der Waals surface area (Å²) in [5, 5.41) is 7.80. The summed E-state index contributed by atoms with van der Waals surface area (Å²) in [7, 11) is 1.49. The fourth-order valence-corrected chi connectivity index (χ4v) is 2.04. The zero-order valence-electron chi connectivity index (χ0n) is 11.0. The summed E-state index contributed by atoms with van der Waals surface area (Å²) in [5.74, 6) is 0.0350. The molecule has 2 rings (SSSR count). The number of aryl methyl sites for hydroxylation is 1. The molecule has 0 amide bonds. The highest BCUT2D eigenvalue weighted by Crippen LogP contribution is 2.30. The second kappa shape index (κ2) is 5.79.